The Morgan fingerprint density at radius 3 is 2.68 bits per heavy atom. The van der Waals surface area contributed by atoms with Crippen LogP contribution in [0.2, 0.25) is 0 Å². The van der Waals surface area contributed by atoms with Crippen LogP contribution in [-0.4, -0.2) is 37.7 Å². The van der Waals surface area contributed by atoms with Crippen molar-refractivity contribution in [3.05, 3.63) is 42.3 Å². The van der Waals surface area contributed by atoms with Gasteiger partial charge in [-0.05, 0) is 18.1 Å². The quantitative estimate of drug-likeness (QED) is 0.275. The SMILES string of the molecule is CN=C(NCCOCC(C)C)NCc1coc(-c2ccccc2)n1.I. The highest BCUT2D eigenvalue weighted by molar-refractivity contribution is 14.0. The summed E-state index contributed by atoms with van der Waals surface area (Å²) < 4.78 is 11.1. The molecule has 25 heavy (non-hydrogen) atoms. The smallest absolute Gasteiger partial charge is 0.226 e. The number of hydrogen-bond donors (Lipinski definition) is 2. The monoisotopic (exact) mass is 458 g/mol. The number of oxazole rings is 1. The minimum atomic E-state index is 0. The van der Waals surface area contributed by atoms with Gasteiger partial charge in [0.05, 0.1) is 18.8 Å². The molecule has 0 saturated heterocycles. The zero-order valence-electron chi connectivity index (χ0n) is 15.0. The molecule has 138 valence electrons. The van der Waals surface area contributed by atoms with Crippen molar-refractivity contribution < 1.29 is 9.15 Å². The summed E-state index contributed by atoms with van der Waals surface area (Å²) in [5.41, 5.74) is 1.79. The second-order valence-corrected chi connectivity index (χ2v) is 5.83. The number of hydrogen-bond acceptors (Lipinski definition) is 4. The summed E-state index contributed by atoms with van der Waals surface area (Å²) in [5, 5.41) is 6.42. The van der Waals surface area contributed by atoms with E-state index in [-0.39, 0.29) is 24.0 Å². The molecule has 0 amide bonds. The Kier molecular flexibility index (Phi) is 10.2. The van der Waals surface area contributed by atoms with Gasteiger partial charge in [-0.1, -0.05) is 32.0 Å². The van der Waals surface area contributed by atoms with Crippen molar-refractivity contribution in [2.45, 2.75) is 20.4 Å². The van der Waals surface area contributed by atoms with Crippen molar-refractivity contribution in [1.82, 2.24) is 15.6 Å². The molecule has 0 radical (unpaired) electrons. The van der Waals surface area contributed by atoms with Crippen molar-refractivity contribution in [2.75, 3.05) is 26.8 Å². The number of ether oxygens (including phenoxy) is 1. The van der Waals surface area contributed by atoms with Gasteiger partial charge in [0.25, 0.3) is 0 Å². The van der Waals surface area contributed by atoms with E-state index in [1.807, 2.05) is 30.3 Å². The normalized spacial score (nSPS) is 11.3. The Hall–Kier alpha value is -1.61. The molecule has 1 heterocycles. The first-order valence-corrected chi connectivity index (χ1v) is 8.21. The zero-order valence-corrected chi connectivity index (χ0v) is 17.3. The number of aliphatic imine (C=N–C) groups is 1. The molecule has 2 rings (SSSR count). The number of nitrogens with one attached hydrogen (secondary N) is 2. The number of guanidine groups is 1. The Bertz CT molecular complexity index is 629. The molecule has 0 bridgehead atoms. The highest BCUT2D eigenvalue weighted by atomic mass is 127. The maximum absolute atomic E-state index is 5.53. The molecule has 2 N–H and O–H groups in total. The van der Waals surface area contributed by atoms with Gasteiger partial charge >= 0.3 is 0 Å². The van der Waals surface area contributed by atoms with E-state index in [2.05, 4.69) is 34.5 Å². The first-order chi connectivity index (χ1) is 11.7. The fraction of sp³-hybridized carbons (Fsp3) is 0.444. The molecule has 0 unspecified atom stereocenters. The molecule has 1 aromatic carbocycles. The zero-order chi connectivity index (χ0) is 17.2. The molecular weight excluding hydrogens is 431 g/mol. The van der Waals surface area contributed by atoms with Crippen LogP contribution >= 0.6 is 24.0 Å². The third-order valence-electron chi connectivity index (χ3n) is 3.22. The summed E-state index contributed by atoms with van der Waals surface area (Å²) in [6.07, 6.45) is 1.66. The average molecular weight is 458 g/mol. The maximum atomic E-state index is 5.53. The lowest BCUT2D eigenvalue weighted by Gasteiger charge is -2.11. The largest absolute Gasteiger partial charge is 0.444 e. The number of nitrogens with zero attached hydrogens (tertiary/aromatic N) is 2. The van der Waals surface area contributed by atoms with E-state index >= 15 is 0 Å². The Morgan fingerprint density at radius 1 is 1.24 bits per heavy atom. The molecule has 0 saturated carbocycles. The molecule has 0 aliphatic rings. The van der Waals surface area contributed by atoms with Gasteiger partial charge in [0.2, 0.25) is 5.89 Å². The van der Waals surface area contributed by atoms with Crippen molar-refractivity contribution >= 4 is 29.9 Å². The van der Waals surface area contributed by atoms with E-state index in [1.165, 1.54) is 0 Å². The van der Waals surface area contributed by atoms with Crippen LogP contribution < -0.4 is 10.6 Å². The molecule has 1 aromatic heterocycles. The molecule has 0 spiro atoms. The van der Waals surface area contributed by atoms with Crippen LogP contribution in [0.1, 0.15) is 19.5 Å². The summed E-state index contributed by atoms with van der Waals surface area (Å²) in [4.78, 5) is 8.66. The fourth-order valence-electron chi connectivity index (χ4n) is 2.06. The van der Waals surface area contributed by atoms with Crippen LogP contribution in [0.4, 0.5) is 0 Å². The second kappa shape index (κ2) is 11.9. The summed E-state index contributed by atoms with van der Waals surface area (Å²) >= 11 is 0. The lowest BCUT2D eigenvalue weighted by atomic mass is 10.2. The van der Waals surface area contributed by atoms with E-state index in [0.29, 0.717) is 37.5 Å². The predicted octanol–water partition coefficient (Wildman–Crippen LogP) is 3.30. The van der Waals surface area contributed by atoms with Gasteiger partial charge in [-0.3, -0.25) is 4.99 Å². The van der Waals surface area contributed by atoms with Crippen molar-refractivity contribution in [3.8, 4) is 11.5 Å². The average Bonchev–Trinajstić information content (AvgIpc) is 3.07. The molecule has 6 nitrogen and oxygen atoms in total. The Balaban J connectivity index is 0.00000312. The number of benzene rings is 1. The summed E-state index contributed by atoms with van der Waals surface area (Å²) in [7, 11) is 1.74. The number of rotatable bonds is 8. The second-order valence-electron chi connectivity index (χ2n) is 5.83. The van der Waals surface area contributed by atoms with E-state index in [0.717, 1.165) is 17.9 Å². The summed E-state index contributed by atoms with van der Waals surface area (Å²) in [6.45, 7) is 6.95. The van der Waals surface area contributed by atoms with Gasteiger partial charge in [0.1, 0.15) is 6.26 Å². The van der Waals surface area contributed by atoms with Gasteiger partial charge in [-0.2, -0.15) is 0 Å². The van der Waals surface area contributed by atoms with Gasteiger partial charge < -0.3 is 19.8 Å². The van der Waals surface area contributed by atoms with Crippen LogP contribution in [0.15, 0.2) is 46.0 Å². The molecule has 7 heteroatoms. The molecular formula is C18H27IN4O2. The summed E-state index contributed by atoms with van der Waals surface area (Å²) in [6, 6.07) is 9.84. The Morgan fingerprint density at radius 2 is 2.00 bits per heavy atom. The van der Waals surface area contributed by atoms with E-state index in [9.17, 15) is 0 Å². The third-order valence-corrected chi connectivity index (χ3v) is 3.22. The molecule has 0 aliphatic carbocycles. The van der Waals surface area contributed by atoms with Crippen molar-refractivity contribution in [2.24, 2.45) is 10.9 Å². The maximum Gasteiger partial charge on any atom is 0.226 e. The topological polar surface area (TPSA) is 71.7 Å². The first-order valence-electron chi connectivity index (χ1n) is 8.21. The first kappa shape index (κ1) is 21.4. The van der Waals surface area contributed by atoms with Gasteiger partial charge in [-0.15, -0.1) is 24.0 Å². The number of aromatic nitrogens is 1. The number of halogens is 1. The molecule has 2 aromatic rings. The molecule has 0 atom stereocenters. The van der Waals surface area contributed by atoms with Gasteiger partial charge in [-0.25, -0.2) is 4.98 Å². The van der Waals surface area contributed by atoms with Crippen LogP contribution in [0.3, 0.4) is 0 Å². The van der Waals surface area contributed by atoms with E-state index in [4.69, 9.17) is 9.15 Å². The minimum absolute atomic E-state index is 0. The highest BCUT2D eigenvalue weighted by Crippen LogP contribution is 2.17. The standard InChI is InChI=1S/C18H26N4O2.HI/c1-14(2)12-23-10-9-20-18(19-3)21-11-16-13-24-17(22-16)15-7-5-4-6-8-15;/h4-8,13-14H,9-12H2,1-3H3,(H2,19,20,21);1H. The molecule has 0 fully saturated rings. The van der Waals surface area contributed by atoms with Crippen LogP contribution in [0.25, 0.3) is 11.5 Å². The van der Waals surface area contributed by atoms with E-state index < -0.39 is 0 Å². The lowest BCUT2D eigenvalue weighted by molar-refractivity contribution is 0.114. The van der Waals surface area contributed by atoms with Crippen molar-refractivity contribution in [3.63, 3.8) is 0 Å². The Labute approximate surface area is 166 Å². The minimum Gasteiger partial charge on any atom is -0.444 e. The van der Waals surface area contributed by atoms with Crippen LogP contribution in [0.5, 0.6) is 0 Å². The third kappa shape index (κ3) is 7.87. The predicted molar refractivity (Wildman–Crippen MR) is 111 cm³/mol. The van der Waals surface area contributed by atoms with Gasteiger partial charge in [0.15, 0.2) is 5.96 Å². The lowest BCUT2D eigenvalue weighted by Crippen LogP contribution is -2.38. The summed E-state index contributed by atoms with van der Waals surface area (Å²) in [5.74, 6) is 1.89. The van der Waals surface area contributed by atoms with Crippen molar-refractivity contribution in [1.29, 1.82) is 0 Å². The molecule has 0 aliphatic heterocycles. The van der Waals surface area contributed by atoms with Crippen LogP contribution in [0, 0.1) is 5.92 Å². The van der Waals surface area contributed by atoms with E-state index in [1.54, 1.807) is 13.3 Å². The fourth-order valence-corrected chi connectivity index (χ4v) is 2.06. The highest BCUT2D eigenvalue weighted by Gasteiger charge is 2.06. The van der Waals surface area contributed by atoms with Crippen LogP contribution in [-0.2, 0) is 11.3 Å². The van der Waals surface area contributed by atoms with Gasteiger partial charge in [0, 0.05) is 25.8 Å².